The molecule has 1 fully saturated rings. The number of rotatable bonds is 3. The second-order valence-corrected chi connectivity index (χ2v) is 8.03. The second-order valence-electron chi connectivity index (χ2n) is 8.03. The van der Waals surface area contributed by atoms with E-state index in [1.54, 1.807) is 0 Å². The van der Waals surface area contributed by atoms with Gasteiger partial charge in [-0.1, -0.05) is 27.7 Å². The van der Waals surface area contributed by atoms with Crippen molar-refractivity contribution in [3.8, 4) is 0 Å². The predicted molar refractivity (Wildman–Crippen MR) is 74.2 cm³/mol. The van der Waals surface area contributed by atoms with Crippen molar-refractivity contribution in [1.82, 2.24) is 5.32 Å². The molecule has 2 heteroatoms. The normalized spacial score (nSPS) is 31.4. The van der Waals surface area contributed by atoms with E-state index in [9.17, 15) is 0 Å². The van der Waals surface area contributed by atoms with E-state index >= 15 is 0 Å². The minimum absolute atomic E-state index is 0.155. The van der Waals surface area contributed by atoms with Crippen LogP contribution in [-0.4, -0.2) is 23.8 Å². The Morgan fingerprint density at radius 3 is 1.71 bits per heavy atom. The Bertz CT molecular complexity index is 257. The summed E-state index contributed by atoms with van der Waals surface area (Å²) in [6, 6.07) is 0.499. The van der Waals surface area contributed by atoms with E-state index in [-0.39, 0.29) is 16.4 Å². The highest BCUT2D eigenvalue weighted by atomic mass is 16.5. The molecule has 0 saturated heterocycles. The topological polar surface area (TPSA) is 21.3 Å². The van der Waals surface area contributed by atoms with E-state index in [0.29, 0.717) is 18.2 Å². The molecule has 0 unspecified atom stereocenters. The minimum Gasteiger partial charge on any atom is -0.374 e. The maximum atomic E-state index is 6.12. The van der Waals surface area contributed by atoms with Crippen LogP contribution in [0.3, 0.4) is 0 Å². The first-order valence-corrected chi connectivity index (χ1v) is 6.82. The van der Waals surface area contributed by atoms with Gasteiger partial charge in [0.05, 0.1) is 12.2 Å². The molecule has 1 N–H and O–H groups in total. The molecule has 102 valence electrons. The van der Waals surface area contributed by atoms with E-state index in [1.807, 2.05) is 0 Å². The van der Waals surface area contributed by atoms with E-state index in [1.165, 1.54) is 0 Å². The van der Waals surface area contributed by atoms with Crippen LogP contribution in [-0.2, 0) is 4.74 Å². The Labute approximate surface area is 108 Å². The molecule has 0 heterocycles. The van der Waals surface area contributed by atoms with Gasteiger partial charge < -0.3 is 10.1 Å². The monoisotopic (exact) mass is 241 g/mol. The third-order valence-electron chi connectivity index (χ3n) is 3.83. The smallest absolute Gasteiger partial charge is 0.0710 e. The van der Waals surface area contributed by atoms with Gasteiger partial charge in [-0.05, 0) is 34.6 Å². The summed E-state index contributed by atoms with van der Waals surface area (Å²) in [4.78, 5) is 0. The Hall–Kier alpha value is -0.0800. The summed E-state index contributed by atoms with van der Waals surface area (Å²) < 4.78 is 6.12. The molecule has 0 aromatic rings. The quantitative estimate of drug-likeness (QED) is 0.815. The van der Waals surface area contributed by atoms with Gasteiger partial charge >= 0.3 is 0 Å². The van der Waals surface area contributed by atoms with Crippen LogP contribution < -0.4 is 5.32 Å². The lowest BCUT2D eigenvalue weighted by molar-refractivity contribution is -0.229. The molecule has 1 aliphatic rings. The molecular weight excluding hydrogens is 210 g/mol. The molecule has 2 nitrogen and oxygen atoms in total. The summed E-state index contributed by atoms with van der Waals surface area (Å²) in [7, 11) is 0. The predicted octanol–water partition coefficient (Wildman–Crippen LogP) is 3.60. The number of nitrogens with one attached hydrogen (secondary N) is 1. The SMILES string of the molecule is CC(C)O[C@H]1C(C)(C)[C@@H](NC(C)(C)C)C1(C)C. The lowest BCUT2D eigenvalue weighted by Crippen LogP contribution is -2.75. The molecule has 17 heavy (non-hydrogen) atoms. The van der Waals surface area contributed by atoms with Gasteiger partial charge in [-0.25, -0.2) is 0 Å². The maximum absolute atomic E-state index is 6.12. The van der Waals surface area contributed by atoms with Gasteiger partial charge in [0.2, 0.25) is 0 Å². The molecule has 1 aliphatic carbocycles. The Morgan fingerprint density at radius 2 is 1.41 bits per heavy atom. The molecule has 1 saturated carbocycles. The molecule has 0 aromatic carbocycles. The molecule has 0 bridgehead atoms. The van der Waals surface area contributed by atoms with Gasteiger partial charge in [-0.2, -0.15) is 0 Å². The van der Waals surface area contributed by atoms with Crippen molar-refractivity contribution in [3.05, 3.63) is 0 Å². The van der Waals surface area contributed by atoms with Gasteiger partial charge in [0.25, 0.3) is 0 Å². The first kappa shape index (κ1) is 15.0. The molecule has 1 rings (SSSR count). The number of hydrogen-bond acceptors (Lipinski definition) is 2. The summed E-state index contributed by atoms with van der Waals surface area (Å²) in [5.41, 5.74) is 0.546. The van der Waals surface area contributed by atoms with Crippen molar-refractivity contribution < 1.29 is 4.74 Å². The highest BCUT2D eigenvalue weighted by Crippen LogP contribution is 2.56. The average molecular weight is 241 g/mol. The number of hydrogen-bond donors (Lipinski definition) is 1. The van der Waals surface area contributed by atoms with Crippen molar-refractivity contribution in [3.63, 3.8) is 0 Å². The van der Waals surface area contributed by atoms with E-state index in [4.69, 9.17) is 4.74 Å². The van der Waals surface area contributed by atoms with Crippen molar-refractivity contribution in [2.24, 2.45) is 10.8 Å². The van der Waals surface area contributed by atoms with Gasteiger partial charge in [-0.3, -0.25) is 0 Å². The fourth-order valence-electron chi connectivity index (χ4n) is 3.55. The van der Waals surface area contributed by atoms with Crippen molar-refractivity contribution >= 4 is 0 Å². The van der Waals surface area contributed by atoms with Crippen molar-refractivity contribution in [1.29, 1.82) is 0 Å². The standard InChI is InChI=1S/C15H31NO/c1-10(2)17-12-14(6,7)11(15(12,8)9)16-13(3,4)5/h10-12,16H,1-9H3/t11-,12+. The third-order valence-corrected chi connectivity index (χ3v) is 3.83. The van der Waals surface area contributed by atoms with Crippen LogP contribution in [0.4, 0.5) is 0 Å². The first-order chi connectivity index (χ1) is 7.39. The summed E-state index contributed by atoms with van der Waals surface area (Å²) in [5.74, 6) is 0. The average Bonchev–Trinajstić information content (AvgIpc) is 2.08. The van der Waals surface area contributed by atoms with E-state index in [2.05, 4.69) is 67.6 Å². The summed E-state index contributed by atoms with van der Waals surface area (Å²) in [6.45, 7) is 20.2. The van der Waals surface area contributed by atoms with Crippen LogP contribution >= 0.6 is 0 Å². The van der Waals surface area contributed by atoms with E-state index < -0.39 is 0 Å². The molecule has 0 atom stereocenters. The Morgan fingerprint density at radius 1 is 1.00 bits per heavy atom. The zero-order valence-electron chi connectivity index (χ0n) is 13.1. The lowest BCUT2D eigenvalue weighted by atomic mass is 9.49. The fourth-order valence-corrected chi connectivity index (χ4v) is 3.55. The van der Waals surface area contributed by atoms with E-state index in [0.717, 1.165) is 0 Å². The van der Waals surface area contributed by atoms with Crippen molar-refractivity contribution in [2.45, 2.75) is 86.1 Å². The molecule has 0 aromatic heterocycles. The van der Waals surface area contributed by atoms with Crippen molar-refractivity contribution in [2.75, 3.05) is 0 Å². The largest absolute Gasteiger partial charge is 0.374 e. The summed E-state index contributed by atoms with van der Waals surface area (Å²) >= 11 is 0. The van der Waals surface area contributed by atoms with Gasteiger partial charge in [0, 0.05) is 22.4 Å². The van der Waals surface area contributed by atoms with Gasteiger partial charge in [0.1, 0.15) is 0 Å². The minimum atomic E-state index is 0.155. The second kappa shape index (κ2) is 4.24. The Kier molecular flexibility index (Phi) is 3.73. The maximum Gasteiger partial charge on any atom is 0.0710 e. The summed E-state index contributed by atoms with van der Waals surface area (Å²) in [5, 5.41) is 3.76. The molecule has 0 aliphatic heterocycles. The highest BCUT2D eigenvalue weighted by molar-refractivity contribution is 5.16. The van der Waals surface area contributed by atoms with Crippen LogP contribution in [0.2, 0.25) is 0 Å². The molecule has 0 amide bonds. The third kappa shape index (κ3) is 2.85. The van der Waals surface area contributed by atoms with Gasteiger partial charge in [-0.15, -0.1) is 0 Å². The summed E-state index contributed by atoms with van der Waals surface area (Å²) in [6.07, 6.45) is 0.629. The molecule has 0 radical (unpaired) electrons. The highest BCUT2D eigenvalue weighted by Gasteiger charge is 2.63. The zero-order chi connectivity index (χ0) is 13.6. The van der Waals surface area contributed by atoms with Crippen LogP contribution in [0.15, 0.2) is 0 Å². The fraction of sp³-hybridized carbons (Fsp3) is 1.00. The van der Waals surface area contributed by atoms with Crippen LogP contribution in [0.1, 0.15) is 62.3 Å². The first-order valence-electron chi connectivity index (χ1n) is 6.82. The molecule has 0 spiro atoms. The number of ether oxygens (including phenoxy) is 1. The van der Waals surface area contributed by atoms with Crippen LogP contribution in [0, 0.1) is 10.8 Å². The zero-order valence-corrected chi connectivity index (χ0v) is 13.1. The Balaban J connectivity index is 2.83. The van der Waals surface area contributed by atoms with Crippen LogP contribution in [0.25, 0.3) is 0 Å². The van der Waals surface area contributed by atoms with Crippen LogP contribution in [0.5, 0.6) is 0 Å². The lowest BCUT2D eigenvalue weighted by Gasteiger charge is -2.65. The molecular formula is C15H31NO. The van der Waals surface area contributed by atoms with Gasteiger partial charge in [0.15, 0.2) is 0 Å².